The average Bonchev–Trinajstić information content (AvgIpc) is 3.59. The molecule has 1 aliphatic rings. The van der Waals surface area contributed by atoms with E-state index in [9.17, 15) is 13.6 Å². The lowest BCUT2D eigenvalue weighted by atomic mass is 9.96. The minimum absolute atomic E-state index is 0.172. The number of benzene rings is 1. The minimum atomic E-state index is -1.01. The average molecular weight is 507 g/mol. The first-order valence-corrected chi connectivity index (χ1v) is 12.3. The molecule has 8 nitrogen and oxygen atoms in total. The molecule has 0 spiro atoms. The first-order chi connectivity index (χ1) is 17.4. The van der Waals surface area contributed by atoms with Crippen LogP contribution in [-0.4, -0.2) is 30.6 Å². The Bertz CT molecular complexity index is 1590. The molecule has 0 saturated carbocycles. The summed E-state index contributed by atoms with van der Waals surface area (Å²) in [5.41, 5.74) is 6.49. The predicted octanol–water partition coefficient (Wildman–Crippen LogP) is 5.66. The number of rotatable bonds is 4. The standard InChI is InChI=1S/C25H20F2N6O2S/c1-13-22(14(2)35-31-13)15-8-9-32-20(10-15)29-23(24(32)25-30-28-12-36-25)19-4-3-5-21(34)33(19)16-6-7-17(26)18(27)11-16/h6-12,19H,3-5H2,1-2H3/t19-/m0/s1. The van der Waals surface area contributed by atoms with Gasteiger partial charge in [0, 0.05) is 29.9 Å². The Kier molecular flexibility index (Phi) is 5.36. The van der Waals surface area contributed by atoms with Crippen molar-refractivity contribution in [1.82, 2.24) is 24.7 Å². The molecule has 1 saturated heterocycles. The summed E-state index contributed by atoms with van der Waals surface area (Å²) in [5, 5.41) is 13.0. The van der Waals surface area contributed by atoms with Gasteiger partial charge in [0.05, 0.1) is 17.4 Å². The third kappa shape index (κ3) is 3.58. The van der Waals surface area contributed by atoms with Gasteiger partial charge in [0.25, 0.3) is 0 Å². The molecule has 0 bridgehead atoms. The van der Waals surface area contributed by atoms with Crippen LogP contribution in [0.1, 0.15) is 42.5 Å². The number of carbonyl (C=O) groups excluding carboxylic acids is 1. The molecule has 182 valence electrons. The molecule has 1 atom stereocenters. The summed E-state index contributed by atoms with van der Waals surface area (Å²) in [5.74, 6) is -1.44. The monoisotopic (exact) mass is 506 g/mol. The number of carbonyl (C=O) groups is 1. The van der Waals surface area contributed by atoms with Crippen LogP contribution >= 0.6 is 11.3 Å². The Balaban J connectivity index is 1.55. The Morgan fingerprint density at radius 2 is 2.00 bits per heavy atom. The van der Waals surface area contributed by atoms with E-state index in [4.69, 9.17) is 9.51 Å². The predicted molar refractivity (Wildman–Crippen MR) is 130 cm³/mol. The van der Waals surface area contributed by atoms with E-state index >= 15 is 0 Å². The van der Waals surface area contributed by atoms with Crippen molar-refractivity contribution in [2.75, 3.05) is 4.90 Å². The summed E-state index contributed by atoms with van der Waals surface area (Å²) in [4.78, 5) is 19.6. The molecule has 5 heterocycles. The maximum atomic E-state index is 14.1. The molecule has 0 aliphatic carbocycles. The first-order valence-electron chi connectivity index (χ1n) is 11.4. The second-order valence-corrected chi connectivity index (χ2v) is 9.54. The Morgan fingerprint density at radius 3 is 2.72 bits per heavy atom. The number of aromatic nitrogens is 5. The number of aryl methyl sites for hydroxylation is 2. The van der Waals surface area contributed by atoms with E-state index in [1.54, 1.807) is 5.51 Å². The minimum Gasteiger partial charge on any atom is -0.361 e. The highest BCUT2D eigenvalue weighted by atomic mass is 32.1. The molecule has 1 aromatic carbocycles. The molecule has 1 aliphatic heterocycles. The van der Waals surface area contributed by atoms with Crippen LogP contribution in [0.25, 0.3) is 27.5 Å². The van der Waals surface area contributed by atoms with E-state index in [2.05, 4.69) is 15.4 Å². The highest BCUT2D eigenvalue weighted by Gasteiger charge is 2.35. The van der Waals surface area contributed by atoms with Crippen molar-refractivity contribution in [1.29, 1.82) is 0 Å². The molecule has 0 radical (unpaired) electrons. The van der Waals surface area contributed by atoms with Gasteiger partial charge in [-0.15, -0.1) is 10.2 Å². The summed E-state index contributed by atoms with van der Waals surface area (Å²) in [6.07, 6.45) is 3.47. The number of nitrogens with zero attached hydrogens (tertiary/aromatic N) is 6. The van der Waals surface area contributed by atoms with Gasteiger partial charge in [-0.05, 0) is 56.5 Å². The fourth-order valence-corrected chi connectivity index (χ4v) is 5.53. The fourth-order valence-electron chi connectivity index (χ4n) is 4.92. The van der Waals surface area contributed by atoms with Crippen LogP contribution < -0.4 is 4.90 Å². The number of amides is 1. The van der Waals surface area contributed by atoms with E-state index in [0.29, 0.717) is 52.8 Å². The third-order valence-electron chi connectivity index (χ3n) is 6.48. The smallest absolute Gasteiger partial charge is 0.227 e. The largest absolute Gasteiger partial charge is 0.361 e. The van der Waals surface area contributed by atoms with Gasteiger partial charge in [-0.1, -0.05) is 16.5 Å². The zero-order valence-corrected chi connectivity index (χ0v) is 20.2. The highest BCUT2D eigenvalue weighted by molar-refractivity contribution is 7.12. The number of hydrogen-bond acceptors (Lipinski definition) is 7. The van der Waals surface area contributed by atoms with E-state index in [1.165, 1.54) is 22.3 Å². The van der Waals surface area contributed by atoms with E-state index < -0.39 is 17.7 Å². The van der Waals surface area contributed by atoms with Gasteiger partial charge >= 0.3 is 0 Å². The lowest BCUT2D eigenvalue weighted by Crippen LogP contribution is -2.38. The van der Waals surface area contributed by atoms with Gasteiger partial charge in [0.1, 0.15) is 22.6 Å². The molecular formula is C25H20F2N6O2S. The molecule has 0 unspecified atom stereocenters. The van der Waals surface area contributed by atoms with Crippen LogP contribution in [0.15, 0.2) is 46.6 Å². The van der Waals surface area contributed by atoms with E-state index in [0.717, 1.165) is 29.0 Å². The van der Waals surface area contributed by atoms with Gasteiger partial charge in [-0.2, -0.15) is 0 Å². The zero-order valence-electron chi connectivity index (χ0n) is 19.4. The summed E-state index contributed by atoms with van der Waals surface area (Å²) in [7, 11) is 0. The molecule has 5 aromatic rings. The van der Waals surface area contributed by atoms with Crippen molar-refractivity contribution in [3.63, 3.8) is 0 Å². The first kappa shape index (κ1) is 22.5. The van der Waals surface area contributed by atoms with Crippen LogP contribution in [0.2, 0.25) is 0 Å². The number of pyridine rings is 1. The Labute approximate surface area is 208 Å². The SMILES string of the molecule is Cc1noc(C)c1-c1ccn2c(-c3nncs3)c([C@@H]3CCCC(=O)N3c3ccc(F)c(F)c3)nc2c1. The zero-order chi connectivity index (χ0) is 25.0. The fraction of sp³-hybridized carbons (Fsp3) is 0.240. The number of fused-ring (bicyclic) bond motifs is 1. The van der Waals surface area contributed by atoms with Crippen molar-refractivity contribution >= 4 is 28.6 Å². The number of imidazole rings is 1. The van der Waals surface area contributed by atoms with Gasteiger partial charge in [0.2, 0.25) is 5.91 Å². The molecule has 36 heavy (non-hydrogen) atoms. The summed E-state index contributed by atoms with van der Waals surface area (Å²) >= 11 is 1.36. The van der Waals surface area contributed by atoms with Crippen molar-refractivity contribution in [3.8, 4) is 21.8 Å². The lowest BCUT2D eigenvalue weighted by Gasteiger charge is -2.35. The molecule has 1 amide bonds. The Morgan fingerprint density at radius 1 is 1.14 bits per heavy atom. The second-order valence-electron chi connectivity index (χ2n) is 8.70. The van der Waals surface area contributed by atoms with Gasteiger partial charge in [-0.3, -0.25) is 9.20 Å². The maximum Gasteiger partial charge on any atom is 0.227 e. The van der Waals surface area contributed by atoms with Crippen molar-refractivity contribution in [2.45, 2.75) is 39.2 Å². The van der Waals surface area contributed by atoms with E-state index in [-0.39, 0.29) is 5.91 Å². The summed E-state index contributed by atoms with van der Waals surface area (Å²) < 4.78 is 35.1. The van der Waals surface area contributed by atoms with Crippen molar-refractivity contribution in [3.05, 3.63) is 70.8 Å². The molecule has 1 fully saturated rings. The van der Waals surface area contributed by atoms with Crippen LogP contribution in [-0.2, 0) is 4.79 Å². The topological polar surface area (TPSA) is 89.4 Å². The van der Waals surface area contributed by atoms with Crippen LogP contribution in [0.5, 0.6) is 0 Å². The molecule has 11 heteroatoms. The van der Waals surface area contributed by atoms with Gasteiger partial charge in [-0.25, -0.2) is 13.8 Å². The van der Waals surface area contributed by atoms with Gasteiger partial charge < -0.3 is 9.42 Å². The quantitative estimate of drug-likeness (QED) is 0.312. The number of halogens is 2. The number of piperidine rings is 1. The number of hydrogen-bond donors (Lipinski definition) is 0. The maximum absolute atomic E-state index is 14.1. The summed E-state index contributed by atoms with van der Waals surface area (Å²) in [6, 6.07) is 6.92. The third-order valence-corrected chi connectivity index (χ3v) is 7.18. The van der Waals surface area contributed by atoms with Gasteiger partial charge in [0.15, 0.2) is 16.6 Å². The lowest BCUT2D eigenvalue weighted by molar-refractivity contribution is -0.120. The van der Waals surface area contributed by atoms with Crippen LogP contribution in [0, 0.1) is 25.5 Å². The second kappa shape index (κ2) is 8.59. The van der Waals surface area contributed by atoms with Crippen LogP contribution in [0.3, 0.4) is 0 Å². The Hall–Kier alpha value is -3.99. The summed E-state index contributed by atoms with van der Waals surface area (Å²) in [6.45, 7) is 3.74. The number of anilines is 1. The highest BCUT2D eigenvalue weighted by Crippen LogP contribution is 2.41. The van der Waals surface area contributed by atoms with Crippen LogP contribution in [0.4, 0.5) is 14.5 Å². The molecule has 6 rings (SSSR count). The van der Waals surface area contributed by atoms with E-state index in [1.807, 2.05) is 36.6 Å². The molecule has 4 aromatic heterocycles. The molecule has 0 N–H and O–H groups in total. The molecular weight excluding hydrogens is 486 g/mol. The van der Waals surface area contributed by atoms with Crippen molar-refractivity contribution in [2.24, 2.45) is 0 Å². The normalized spacial score (nSPS) is 16.3. The van der Waals surface area contributed by atoms with Crippen molar-refractivity contribution < 1.29 is 18.1 Å².